The largest absolute Gasteiger partial charge is 0.497 e. The molecule has 1 fully saturated rings. The Kier molecular flexibility index (Phi) is 7.48. The summed E-state index contributed by atoms with van der Waals surface area (Å²) in [6.45, 7) is 3.19. The number of benzene rings is 1. The number of rotatable bonds is 7. The van der Waals surface area contributed by atoms with E-state index in [0.29, 0.717) is 29.6 Å². The van der Waals surface area contributed by atoms with Crippen LogP contribution in [0, 0.1) is 0 Å². The number of thiophene rings is 1. The highest BCUT2D eigenvalue weighted by Crippen LogP contribution is 2.31. The van der Waals surface area contributed by atoms with E-state index in [0.717, 1.165) is 32.5 Å². The van der Waals surface area contributed by atoms with Crippen molar-refractivity contribution in [2.24, 2.45) is 0 Å². The Balaban J connectivity index is 1.40. The Morgan fingerprint density at radius 3 is 2.59 bits per heavy atom. The molecule has 8 heteroatoms. The maximum absolute atomic E-state index is 12.2. The maximum atomic E-state index is 12.2. The Morgan fingerprint density at radius 2 is 1.93 bits per heavy atom. The van der Waals surface area contributed by atoms with Crippen molar-refractivity contribution < 1.29 is 19.1 Å². The number of likely N-dealkylation sites (tertiary alicyclic amines) is 1. The van der Waals surface area contributed by atoms with Gasteiger partial charge in [-0.2, -0.15) is 0 Å². The standard InChI is InChI=1S/C21H27N3O4S/c1-27-16-5-6-17(18(14-16)28-2)23-21(26)20(25)22-9-12-24-10-7-15(8-11-24)19-4-3-13-29-19/h3-6,13-15H,7-12H2,1-2H3,(H,22,25)(H,23,26). The third-order valence-corrected chi connectivity index (χ3v) is 6.14. The molecular weight excluding hydrogens is 390 g/mol. The van der Waals surface area contributed by atoms with Crippen molar-refractivity contribution in [2.75, 3.05) is 45.7 Å². The van der Waals surface area contributed by atoms with Gasteiger partial charge in [0.25, 0.3) is 0 Å². The fourth-order valence-electron chi connectivity index (χ4n) is 3.45. The number of carbonyl (C=O) groups excluding carboxylic acids is 2. The number of amides is 2. The smallest absolute Gasteiger partial charge is 0.313 e. The topological polar surface area (TPSA) is 79.9 Å². The number of ether oxygens (including phenoxy) is 2. The van der Waals surface area contributed by atoms with Crippen LogP contribution in [0.3, 0.4) is 0 Å². The minimum absolute atomic E-state index is 0.420. The van der Waals surface area contributed by atoms with E-state index in [4.69, 9.17) is 9.47 Å². The fraction of sp³-hybridized carbons (Fsp3) is 0.429. The summed E-state index contributed by atoms with van der Waals surface area (Å²) in [6.07, 6.45) is 2.26. The molecule has 156 valence electrons. The van der Waals surface area contributed by atoms with Gasteiger partial charge in [-0.3, -0.25) is 9.59 Å². The van der Waals surface area contributed by atoms with Crippen LogP contribution in [0.5, 0.6) is 11.5 Å². The zero-order valence-electron chi connectivity index (χ0n) is 16.8. The Hall–Kier alpha value is -2.58. The average Bonchev–Trinajstić information content (AvgIpc) is 3.29. The summed E-state index contributed by atoms with van der Waals surface area (Å²) in [6, 6.07) is 9.29. The van der Waals surface area contributed by atoms with Gasteiger partial charge in [-0.1, -0.05) is 6.07 Å². The molecule has 3 rings (SSSR count). The molecule has 0 unspecified atom stereocenters. The molecule has 0 bridgehead atoms. The van der Waals surface area contributed by atoms with Gasteiger partial charge < -0.3 is 25.0 Å². The van der Waals surface area contributed by atoms with Crippen molar-refractivity contribution in [2.45, 2.75) is 18.8 Å². The van der Waals surface area contributed by atoms with E-state index in [-0.39, 0.29) is 0 Å². The molecule has 29 heavy (non-hydrogen) atoms. The number of carbonyl (C=O) groups is 2. The fourth-order valence-corrected chi connectivity index (χ4v) is 4.35. The highest BCUT2D eigenvalue weighted by atomic mass is 32.1. The Morgan fingerprint density at radius 1 is 1.14 bits per heavy atom. The quantitative estimate of drug-likeness (QED) is 0.677. The SMILES string of the molecule is COc1ccc(NC(=O)C(=O)NCCN2CCC(c3cccs3)CC2)c(OC)c1. The first-order chi connectivity index (χ1) is 14.1. The van der Waals surface area contributed by atoms with E-state index >= 15 is 0 Å². The number of hydrogen-bond donors (Lipinski definition) is 2. The van der Waals surface area contributed by atoms with Crippen LogP contribution in [-0.4, -0.2) is 57.1 Å². The van der Waals surface area contributed by atoms with Crippen molar-refractivity contribution in [3.8, 4) is 11.5 Å². The number of anilines is 1. The molecule has 1 aliphatic rings. The highest BCUT2D eigenvalue weighted by Gasteiger charge is 2.21. The van der Waals surface area contributed by atoms with Gasteiger partial charge in [0.05, 0.1) is 19.9 Å². The van der Waals surface area contributed by atoms with E-state index in [1.165, 1.54) is 12.0 Å². The summed E-state index contributed by atoms with van der Waals surface area (Å²) in [5.74, 6) is 0.304. The molecule has 0 atom stereocenters. The van der Waals surface area contributed by atoms with Crippen molar-refractivity contribution in [1.29, 1.82) is 0 Å². The molecule has 1 aliphatic heterocycles. The van der Waals surface area contributed by atoms with Gasteiger partial charge in [0.15, 0.2) is 0 Å². The lowest BCUT2D eigenvalue weighted by atomic mass is 9.95. The summed E-state index contributed by atoms with van der Waals surface area (Å²) in [5, 5.41) is 7.40. The number of piperidine rings is 1. The number of nitrogens with zero attached hydrogens (tertiary/aromatic N) is 1. The molecule has 2 N–H and O–H groups in total. The van der Waals surface area contributed by atoms with E-state index in [1.807, 2.05) is 11.3 Å². The third-order valence-electron chi connectivity index (χ3n) is 5.11. The molecule has 0 saturated carbocycles. The van der Waals surface area contributed by atoms with Crippen molar-refractivity contribution >= 4 is 28.8 Å². The number of hydrogen-bond acceptors (Lipinski definition) is 6. The lowest BCUT2D eigenvalue weighted by Gasteiger charge is -2.31. The van der Waals surface area contributed by atoms with Crippen LogP contribution < -0.4 is 20.1 Å². The number of nitrogens with one attached hydrogen (secondary N) is 2. The van der Waals surface area contributed by atoms with Crippen LogP contribution in [0.25, 0.3) is 0 Å². The minimum Gasteiger partial charge on any atom is -0.497 e. The van der Waals surface area contributed by atoms with E-state index in [9.17, 15) is 9.59 Å². The van der Waals surface area contributed by atoms with Crippen LogP contribution in [-0.2, 0) is 9.59 Å². The van der Waals surface area contributed by atoms with Crippen LogP contribution in [0.2, 0.25) is 0 Å². The van der Waals surface area contributed by atoms with Crippen LogP contribution in [0.4, 0.5) is 5.69 Å². The van der Waals surface area contributed by atoms with Crippen LogP contribution >= 0.6 is 11.3 Å². The monoisotopic (exact) mass is 417 g/mol. The predicted octanol–water partition coefficient (Wildman–Crippen LogP) is 2.70. The van der Waals surface area contributed by atoms with E-state index in [1.54, 1.807) is 25.3 Å². The van der Waals surface area contributed by atoms with Gasteiger partial charge >= 0.3 is 11.8 Å². The first-order valence-electron chi connectivity index (χ1n) is 9.67. The second-order valence-electron chi connectivity index (χ2n) is 6.91. The summed E-state index contributed by atoms with van der Waals surface area (Å²) in [4.78, 5) is 28.1. The summed E-state index contributed by atoms with van der Waals surface area (Å²) >= 11 is 1.82. The van der Waals surface area contributed by atoms with Gasteiger partial charge in [0.2, 0.25) is 0 Å². The molecule has 0 aliphatic carbocycles. The van der Waals surface area contributed by atoms with Gasteiger partial charge in [0.1, 0.15) is 11.5 Å². The highest BCUT2D eigenvalue weighted by molar-refractivity contribution is 7.10. The lowest BCUT2D eigenvalue weighted by Crippen LogP contribution is -2.42. The van der Waals surface area contributed by atoms with Gasteiger partial charge in [0, 0.05) is 24.0 Å². The molecular formula is C21H27N3O4S. The lowest BCUT2D eigenvalue weighted by molar-refractivity contribution is -0.136. The number of methoxy groups -OCH3 is 2. The normalized spacial score (nSPS) is 15.0. The second kappa shape index (κ2) is 10.3. The van der Waals surface area contributed by atoms with Crippen molar-refractivity contribution in [3.05, 3.63) is 40.6 Å². The summed E-state index contributed by atoms with van der Waals surface area (Å²) < 4.78 is 10.4. The van der Waals surface area contributed by atoms with Gasteiger partial charge in [-0.15, -0.1) is 11.3 Å². The molecule has 0 spiro atoms. The predicted molar refractivity (Wildman–Crippen MR) is 114 cm³/mol. The maximum Gasteiger partial charge on any atom is 0.313 e. The van der Waals surface area contributed by atoms with E-state index < -0.39 is 11.8 Å². The van der Waals surface area contributed by atoms with Crippen LogP contribution in [0.1, 0.15) is 23.6 Å². The minimum atomic E-state index is -0.718. The molecule has 2 heterocycles. The van der Waals surface area contributed by atoms with Crippen molar-refractivity contribution in [1.82, 2.24) is 10.2 Å². The molecule has 1 aromatic heterocycles. The summed E-state index contributed by atoms with van der Waals surface area (Å²) in [7, 11) is 3.04. The van der Waals surface area contributed by atoms with Gasteiger partial charge in [-0.25, -0.2) is 0 Å². The molecule has 1 aromatic carbocycles. The van der Waals surface area contributed by atoms with E-state index in [2.05, 4.69) is 33.0 Å². The summed E-state index contributed by atoms with van der Waals surface area (Å²) in [5.41, 5.74) is 0.420. The molecule has 7 nitrogen and oxygen atoms in total. The van der Waals surface area contributed by atoms with Crippen LogP contribution in [0.15, 0.2) is 35.7 Å². The first kappa shape index (κ1) is 21.1. The molecule has 0 radical (unpaired) electrons. The van der Waals surface area contributed by atoms with Crippen molar-refractivity contribution in [3.63, 3.8) is 0 Å². The molecule has 1 saturated heterocycles. The Labute approximate surface area is 175 Å². The molecule has 2 aromatic rings. The van der Waals surface area contributed by atoms with Gasteiger partial charge in [-0.05, 0) is 55.4 Å². The third kappa shape index (κ3) is 5.71. The zero-order valence-corrected chi connectivity index (χ0v) is 17.6. The molecule has 2 amide bonds. The second-order valence-corrected chi connectivity index (χ2v) is 7.89. The average molecular weight is 418 g/mol. The zero-order chi connectivity index (χ0) is 20.6. The first-order valence-corrected chi connectivity index (χ1v) is 10.6. The Bertz CT molecular complexity index is 817.